The van der Waals surface area contributed by atoms with Gasteiger partial charge in [-0.3, -0.25) is 0 Å². The van der Waals surface area contributed by atoms with Crippen molar-refractivity contribution in [3.05, 3.63) is 29.8 Å². The van der Waals surface area contributed by atoms with Gasteiger partial charge in [0.25, 0.3) is 0 Å². The molecule has 106 valence electrons. The maximum Gasteiger partial charge on any atom is 0.165 e. The Labute approximate surface area is 114 Å². The van der Waals surface area contributed by atoms with E-state index < -0.39 is 11.9 Å². The predicted molar refractivity (Wildman–Crippen MR) is 72.2 cm³/mol. The summed E-state index contributed by atoms with van der Waals surface area (Å²) in [7, 11) is 1.64. The van der Waals surface area contributed by atoms with E-state index in [1.54, 1.807) is 7.11 Å². The van der Waals surface area contributed by atoms with Crippen LogP contribution in [0.25, 0.3) is 0 Å². The van der Waals surface area contributed by atoms with Crippen LogP contribution in [0.3, 0.4) is 0 Å². The second-order valence-corrected chi connectivity index (χ2v) is 5.08. The number of methoxy groups -OCH3 is 1. The summed E-state index contributed by atoms with van der Waals surface area (Å²) in [5.41, 5.74) is 1.07. The van der Waals surface area contributed by atoms with Gasteiger partial charge in [0, 0.05) is 6.42 Å². The van der Waals surface area contributed by atoms with Crippen molar-refractivity contribution in [2.45, 2.75) is 38.1 Å². The molecule has 4 nitrogen and oxygen atoms in total. The summed E-state index contributed by atoms with van der Waals surface area (Å²) < 4.78 is 16.2. The molecular formula is C15H22O4. The molecular weight excluding hydrogens is 244 g/mol. The lowest BCUT2D eigenvalue weighted by atomic mass is 10.0. The molecule has 1 fully saturated rings. The first kappa shape index (κ1) is 14.3. The Morgan fingerprint density at radius 3 is 2.79 bits per heavy atom. The first-order chi connectivity index (χ1) is 9.11. The first-order valence-corrected chi connectivity index (χ1v) is 6.70. The van der Waals surface area contributed by atoms with Crippen LogP contribution >= 0.6 is 0 Å². The van der Waals surface area contributed by atoms with E-state index >= 15 is 0 Å². The summed E-state index contributed by atoms with van der Waals surface area (Å²) in [6, 6.07) is 7.78. The number of aliphatic hydroxyl groups is 1. The highest BCUT2D eigenvalue weighted by Gasteiger charge is 2.31. The van der Waals surface area contributed by atoms with E-state index in [1.165, 1.54) is 0 Å². The normalized spacial score (nSPS) is 19.3. The van der Waals surface area contributed by atoms with Crippen molar-refractivity contribution in [3.8, 4) is 5.75 Å². The van der Waals surface area contributed by atoms with Crippen LogP contribution in [0, 0.1) is 0 Å². The SMILES string of the molecule is COc1cccc(CC(O)CCC2(C)OCCO2)c1. The maximum atomic E-state index is 10.1. The summed E-state index contributed by atoms with van der Waals surface area (Å²) in [5, 5.41) is 10.1. The first-order valence-electron chi connectivity index (χ1n) is 6.70. The van der Waals surface area contributed by atoms with Crippen molar-refractivity contribution in [3.63, 3.8) is 0 Å². The third kappa shape index (κ3) is 4.20. The third-order valence-corrected chi connectivity index (χ3v) is 3.44. The van der Waals surface area contributed by atoms with Crippen LogP contribution in [-0.4, -0.2) is 37.3 Å². The number of ether oxygens (including phenoxy) is 3. The largest absolute Gasteiger partial charge is 0.497 e. The highest BCUT2D eigenvalue weighted by Crippen LogP contribution is 2.25. The quantitative estimate of drug-likeness (QED) is 0.857. The standard InChI is InChI=1S/C15H22O4/c1-15(18-8-9-19-15)7-6-13(16)10-12-4-3-5-14(11-12)17-2/h3-5,11,13,16H,6-10H2,1-2H3. The van der Waals surface area contributed by atoms with E-state index in [1.807, 2.05) is 31.2 Å². The van der Waals surface area contributed by atoms with Crippen molar-refractivity contribution in [1.82, 2.24) is 0 Å². The summed E-state index contributed by atoms with van der Waals surface area (Å²) in [4.78, 5) is 0. The van der Waals surface area contributed by atoms with Gasteiger partial charge in [-0.25, -0.2) is 0 Å². The van der Waals surface area contributed by atoms with E-state index in [9.17, 15) is 5.11 Å². The maximum absolute atomic E-state index is 10.1. The summed E-state index contributed by atoms with van der Waals surface area (Å²) >= 11 is 0. The molecule has 0 radical (unpaired) electrons. The van der Waals surface area contributed by atoms with Crippen molar-refractivity contribution < 1.29 is 19.3 Å². The third-order valence-electron chi connectivity index (χ3n) is 3.44. The molecule has 0 spiro atoms. The predicted octanol–water partition coefficient (Wildman–Crippen LogP) is 2.14. The van der Waals surface area contributed by atoms with Gasteiger partial charge < -0.3 is 19.3 Å². The van der Waals surface area contributed by atoms with Gasteiger partial charge in [-0.1, -0.05) is 12.1 Å². The Morgan fingerprint density at radius 1 is 1.37 bits per heavy atom. The van der Waals surface area contributed by atoms with Gasteiger partial charge in [0.15, 0.2) is 5.79 Å². The second-order valence-electron chi connectivity index (χ2n) is 5.08. The van der Waals surface area contributed by atoms with Crippen molar-refractivity contribution in [2.75, 3.05) is 20.3 Å². The van der Waals surface area contributed by atoms with E-state index in [0.717, 1.165) is 11.3 Å². The Hall–Kier alpha value is -1.10. The van der Waals surface area contributed by atoms with Crippen LogP contribution in [0.5, 0.6) is 5.75 Å². The van der Waals surface area contributed by atoms with E-state index in [4.69, 9.17) is 14.2 Å². The zero-order chi connectivity index (χ0) is 13.7. The highest BCUT2D eigenvalue weighted by molar-refractivity contribution is 5.28. The van der Waals surface area contributed by atoms with E-state index in [0.29, 0.717) is 32.5 Å². The van der Waals surface area contributed by atoms with Crippen LogP contribution in [0.2, 0.25) is 0 Å². The molecule has 0 bridgehead atoms. The fourth-order valence-electron chi connectivity index (χ4n) is 2.30. The van der Waals surface area contributed by atoms with Gasteiger partial charge in [-0.15, -0.1) is 0 Å². The molecule has 19 heavy (non-hydrogen) atoms. The molecule has 0 aliphatic carbocycles. The Bertz CT molecular complexity index is 399. The average Bonchev–Trinajstić information content (AvgIpc) is 2.84. The van der Waals surface area contributed by atoms with Crippen LogP contribution in [-0.2, 0) is 15.9 Å². The Balaban J connectivity index is 1.81. The molecule has 2 rings (SSSR count). The van der Waals surface area contributed by atoms with Crippen LogP contribution in [0.1, 0.15) is 25.3 Å². The molecule has 4 heteroatoms. The zero-order valence-corrected chi connectivity index (χ0v) is 11.6. The van der Waals surface area contributed by atoms with Crippen molar-refractivity contribution in [1.29, 1.82) is 0 Å². The lowest BCUT2D eigenvalue weighted by molar-refractivity contribution is -0.151. The minimum atomic E-state index is -0.518. The lowest BCUT2D eigenvalue weighted by Gasteiger charge is -2.23. The summed E-state index contributed by atoms with van der Waals surface area (Å²) in [6.45, 7) is 3.21. The summed E-state index contributed by atoms with van der Waals surface area (Å²) in [5.74, 6) is 0.300. The molecule has 1 heterocycles. The fourth-order valence-corrected chi connectivity index (χ4v) is 2.30. The number of hydrogen-bond donors (Lipinski definition) is 1. The minimum Gasteiger partial charge on any atom is -0.497 e. The molecule has 1 atom stereocenters. The molecule has 0 saturated carbocycles. The van der Waals surface area contributed by atoms with Gasteiger partial charge in [0.1, 0.15) is 5.75 Å². The van der Waals surface area contributed by atoms with Gasteiger partial charge in [0.2, 0.25) is 0 Å². The van der Waals surface area contributed by atoms with Gasteiger partial charge in [0.05, 0.1) is 26.4 Å². The average molecular weight is 266 g/mol. The Kier molecular flexibility index (Phi) is 4.80. The molecule has 1 aromatic rings. The number of aliphatic hydroxyl groups excluding tert-OH is 1. The van der Waals surface area contributed by atoms with Crippen LogP contribution in [0.15, 0.2) is 24.3 Å². The molecule has 1 aliphatic heterocycles. The molecule has 0 amide bonds. The number of benzene rings is 1. The molecule has 1 aromatic carbocycles. The topological polar surface area (TPSA) is 47.9 Å². The fraction of sp³-hybridized carbons (Fsp3) is 0.600. The van der Waals surface area contributed by atoms with Crippen molar-refractivity contribution >= 4 is 0 Å². The van der Waals surface area contributed by atoms with E-state index in [2.05, 4.69) is 0 Å². The van der Waals surface area contributed by atoms with Crippen LogP contribution < -0.4 is 4.74 Å². The van der Waals surface area contributed by atoms with E-state index in [-0.39, 0.29) is 0 Å². The zero-order valence-electron chi connectivity index (χ0n) is 11.6. The molecule has 1 N–H and O–H groups in total. The smallest absolute Gasteiger partial charge is 0.165 e. The number of rotatable bonds is 6. The molecule has 1 unspecified atom stereocenters. The van der Waals surface area contributed by atoms with Gasteiger partial charge in [-0.2, -0.15) is 0 Å². The van der Waals surface area contributed by atoms with Gasteiger partial charge in [-0.05, 0) is 37.5 Å². The molecule has 0 aromatic heterocycles. The Morgan fingerprint density at radius 2 is 2.11 bits per heavy atom. The highest BCUT2D eigenvalue weighted by atomic mass is 16.7. The monoisotopic (exact) mass is 266 g/mol. The summed E-state index contributed by atoms with van der Waals surface area (Å²) in [6.07, 6.45) is 1.59. The molecule has 1 saturated heterocycles. The second kappa shape index (κ2) is 6.37. The number of hydrogen-bond acceptors (Lipinski definition) is 4. The minimum absolute atomic E-state index is 0.392. The van der Waals surface area contributed by atoms with Gasteiger partial charge >= 0.3 is 0 Å². The lowest BCUT2D eigenvalue weighted by Crippen LogP contribution is -2.27. The van der Waals surface area contributed by atoms with Crippen molar-refractivity contribution in [2.24, 2.45) is 0 Å². The van der Waals surface area contributed by atoms with Crippen LogP contribution in [0.4, 0.5) is 0 Å². The molecule has 1 aliphatic rings.